The number of halogens is 2. The number of nitrogens with zero attached hydrogens (tertiary/aromatic N) is 4. The molecule has 2 fully saturated rings. The number of hydrogen-bond donors (Lipinski definition) is 1. The van der Waals surface area contributed by atoms with Crippen molar-refractivity contribution < 1.29 is 4.79 Å². The van der Waals surface area contributed by atoms with Crippen molar-refractivity contribution in [2.75, 3.05) is 62.6 Å². The Morgan fingerprint density at radius 2 is 1.62 bits per heavy atom. The third-order valence-corrected chi connectivity index (χ3v) is 6.68. The number of hydrogen-bond acceptors (Lipinski definition) is 5. The number of pyridine rings is 1. The van der Waals surface area contributed by atoms with E-state index in [0.717, 1.165) is 51.5 Å². The Kier molecular flexibility index (Phi) is 8.25. The van der Waals surface area contributed by atoms with Gasteiger partial charge in [-0.3, -0.25) is 4.79 Å². The van der Waals surface area contributed by atoms with Crippen LogP contribution in [0.2, 0.25) is 10.0 Å². The summed E-state index contributed by atoms with van der Waals surface area (Å²) in [6.45, 7) is 8.58. The van der Waals surface area contributed by atoms with Crippen LogP contribution in [0, 0.1) is 0 Å². The quantitative estimate of drug-likeness (QED) is 0.659. The zero-order valence-corrected chi connectivity index (χ0v) is 19.9. The van der Waals surface area contributed by atoms with E-state index in [0.29, 0.717) is 21.3 Å². The van der Waals surface area contributed by atoms with Crippen LogP contribution in [0.3, 0.4) is 0 Å². The molecule has 4 rings (SSSR count). The summed E-state index contributed by atoms with van der Waals surface area (Å²) in [5, 5.41) is 4.01. The Labute approximate surface area is 200 Å². The van der Waals surface area contributed by atoms with Gasteiger partial charge in [-0.1, -0.05) is 35.7 Å². The molecule has 3 heterocycles. The van der Waals surface area contributed by atoms with E-state index in [4.69, 9.17) is 23.2 Å². The van der Waals surface area contributed by atoms with Gasteiger partial charge in [0.25, 0.3) is 5.91 Å². The van der Waals surface area contributed by atoms with Crippen molar-refractivity contribution in [1.82, 2.24) is 14.8 Å². The van der Waals surface area contributed by atoms with Gasteiger partial charge in [-0.05, 0) is 63.2 Å². The van der Waals surface area contributed by atoms with Gasteiger partial charge in [-0.2, -0.15) is 0 Å². The van der Waals surface area contributed by atoms with Gasteiger partial charge in [-0.15, -0.1) is 0 Å². The van der Waals surface area contributed by atoms with E-state index in [2.05, 4.69) is 25.0 Å². The second kappa shape index (κ2) is 11.3. The highest BCUT2D eigenvalue weighted by Crippen LogP contribution is 2.28. The van der Waals surface area contributed by atoms with Crippen molar-refractivity contribution in [2.45, 2.75) is 25.7 Å². The number of carbonyl (C=O) groups excluding carboxylic acids is 1. The minimum Gasteiger partial charge on any atom is -0.354 e. The van der Waals surface area contributed by atoms with E-state index < -0.39 is 0 Å². The number of anilines is 2. The topological polar surface area (TPSA) is 51.7 Å². The van der Waals surface area contributed by atoms with Gasteiger partial charge in [0.1, 0.15) is 0 Å². The van der Waals surface area contributed by atoms with Crippen LogP contribution in [-0.2, 0) is 0 Å². The minimum atomic E-state index is -0.226. The fourth-order valence-electron chi connectivity index (χ4n) is 4.47. The smallest absolute Gasteiger partial charge is 0.255 e. The molecule has 0 unspecified atom stereocenters. The number of benzene rings is 1. The van der Waals surface area contributed by atoms with Gasteiger partial charge >= 0.3 is 0 Å². The molecule has 172 valence electrons. The summed E-state index contributed by atoms with van der Waals surface area (Å²) < 4.78 is 0. The number of rotatable bonds is 6. The van der Waals surface area contributed by atoms with Crippen LogP contribution in [0.4, 0.5) is 11.5 Å². The highest BCUT2D eigenvalue weighted by atomic mass is 35.5. The Morgan fingerprint density at radius 3 is 2.41 bits per heavy atom. The first-order valence-electron chi connectivity index (χ1n) is 11.5. The van der Waals surface area contributed by atoms with Crippen molar-refractivity contribution in [3.8, 4) is 0 Å². The molecule has 0 spiro atoms. The largest absolute Gasteiger partial charge is 0.354 e. The Hall–Kier alpha value is -1.86. The number of amides is 1. The van der Waals surface area contributed by atoms with Crippen molar-refractivity contribution in [1.29, 1.82) is 0 Å². The lowest BCUT2D eigenvalue weighted by molar-refractivity contribution is 0.102. The van der Waals surface area contributed by atoms with Gasteiger partial charge in [0, 0.05) is 49.5 Å². The lowest BCUT2D eigenvalue weighted by atomic mass is 10.1. The normalized spacial score (nSPS) is 18.4. The maximum atomic E-state index is 12.8. The first kappa shape index (κ1) is 23.3. The monoisotopic (exact) mass is 475 g/mol. The average Bonchev–Trinajstić information content (AvgIpc) is 3.04. The maximum absolute atomic E-state index is 12.8. The molecule has 2 aromatic rings. The van der Waals surface area contributed by atoms with Gasteiger partial charge in [-0.25, -0.2) is 4.98 Å². The lowest BCUT2D eigenvalue weighted by Crippen LogP contribution is -2.39. The SMILES string of the molecule is O=C(Nc1cc(Cl)cnc1N1CCCN(CCN2CCCCC2)CC1)c1cccc(Cl)c1. The first-order chi connectivity index (χ1) is 15.6. The molecule has 0 radical (unpaired) electrons. The molecule has 0 atom stereocenters. The summed E-state index contributed by atoms with van der Waals surface area (Å²) in [6.07, 6.45) is 6.75. The molecular weight excluding hydrogens is 445 g/mol. The number of carbonyl (C=O) groups is 1. The second-order valence-corrected chi connectivity index (χ2v) is 9.45. The Bertz CT molecular complexity index is 919. The van der Waals surface area contributed by atoms with Gasteiger partial charge in [0.05, 0.1) is 10.7 Å². The van der Waals surface area contributed by atoms with E-state index in [1.54, 1.807) is 36.5 Å². The molecule has 8 heteroatoms. The molecule has 0 bridgehead atoms. The van der Waals surface area contributed by atoms with Crippen LogP contribution in [0.1, 0.15) is 36.0 Å². The predicted molar refractivity (Wildman–Crippen MR) is 132 cm³/mol. The first-order valence-corrected chi connectivity index (χ1v) is 12.3. The molecule has 1 amide bonds. The molecule has 2 aliphatic rings. The fraction of sp³-hybridized carbons (Fsp3) is 0.500. The third-order valence-electron chi connectivity index (χ3n) is 6.24. The molecule has 6 nitrogen and oxygen atoms in total. The maximum Gasteiger partial charge on any atom is 0.255 e. The summed E-state index contributed by atoms with van der Waals surface area (Å²) in [5.41, 5.74) is 1.13. The van der Waals surface area contributed by atoms with Crippen molar-refractivity contribution in [2.24, 2.45) is 0 Å². The van der Waals surface area contributed by atoms with Crippen LogP contribution in [-0.4, -0.2) is 73.0 Å². The molecule has 0 saturated carbocycles. The summed E-state index contributed by atoms with van der Waals surface area (Å²) in [5.74, 6) is 0.540. The van der Waals surface area contributed by atoms with E-state index in [1.807, 2.05) is 0 Å². The molecule has 0 aliphatic carbocycles. The number of piperidine rings is 1. The molecule has 2 aliphatic heterocycles. The molecule has 1 N–H and O–H groups in total. The van der Waals surface area contributed by atoms with Crippen LogP contribution in [0.5, 0.6) is 0 Å². The molecule has 1 aromatic heterocycles. The summed E-state index contributed by atoms with van der Waals surface area (Å²) in [4.78, 5) is 24.8. The van der Waals surface area contributed by atoms with Crippen LogP contribution >= 0.6 is 23.2 Å². The van der Waals surface area contributed by atoms with E-state index >= 15 is 0 Å². The summed E-state index contributed by atoms with van der Waals surface area (Å²) in [6, 6.07) is 8.68. The van der Waals surface area contributed by atoms with Gasteiger partial charge in [0.2, 0.25) is 0 Å². The van der Waals surface area contributed by atoms with Crippen molar-refractivity contribution in [3.05, 3.63) is 52.1 Å². The van der Waals surface area contributed by atoms with Crippen LogP contribution in [0.25, 0.3) is 0 Å². The number of likely N-dealkylation sites (tertiary alicyclic amines) is 1. The number of aromatic nitrogens is 1. The zero-order valence-electron chi connectivity index (χ0n) is 18.4. The van der Waals surface area contributed by atoms with E-state index in [1.165, 1.54) is 32.4 Å². The highest BCUT2D eigenvalue weighted by molar-refractivity contribution is 6.31. The van der Waals surface area contributed by atoms with Crippen LogP contribution in [0.15, 0.2) is 36.5 Å². The third kappa shape index (κ3) is 6.35. The average molecular weight is 476 g/mol. The van der Waals surface area contributed by atoms with Crippen LogP contribution < -0.4 is 10.2 Å². The molecule has 2 saturated heterocycles. The van der Waals surface area contributed by atoms with Gasteiger partial charge < -0.3 is 20.0 Å². The minimum absolute atomic E-state index is 0.226. The molecule has 1 aromatic carbocycles. The van der Waals surface area contributed by atoms with Crippen molar-refractivity contribution >= 4 is 40.6 Å². The van der Waals surface area contributed by atoms with E-state index in [-0.39, 0.29) is 5.91 Å². The summed E-state index contributed by atoms with van der Waals surface area (Å²) in [7, 11) is 0. The Morgan fingerprint density at radius 1 is 0.875 bits per heavy atom. The summed E-state index contributed by atoms with van der Waals surface area (Å²) >= 11 is 12.3. The lowest BCUT2D eigenvalue weighted by Gasteiger charge is -2.29. The standard InChI is InChI=1S/C24H31Cl2N5O/c25-20-7-4-6-19(16-20)24(32)28-22-17-21(26)18-27-23(22)31-11-5-10-30(14-15-31)13-12-29-8-2-1-3-9-29/h4,6-7,16-18H,1-3,5,8-15H2,(H,28,32). The fourth-order valence-corrected chi connectivity index (χ4v) is 4.82. The second-order valence-electron chi connectivity index (χ2n) is 8.57. The number of nitrogens with one attached hydrogen (secondary N) is 1. The zero-order chi connectivity index (χ0) is 22.3. The van der Waals surface area contributed by atoms with E-state index in [9.17, 15) is 4.79 Å². The highest BCUT2D eigenvalue weighted by Gasteiger charge is 2.21. The molecular formula is C24H31Cl2N5O. The predicted octanol–water partition coefficient (Wildman–Crippen LogP) is 4.64. The van der Waals surface area contributed by atoms with Gasteiger partial charge in [0.15, 0.2) is 5.82 Å². The molecule has 32 heavy (non-hydrogen) atoms. The van der Waals surface area contributed by atoms with Crippen molar-refractivity contribution in [3.63, 3.8) is 0 Å². The Balaban J connectivity index is 1.40.